The molecule has 0 amide bonds. The van der Waals surface area contributed by atoms with Crippen LogP contribution < -0.4 is 10.1 Å². The zero-order valence-corrected chi connectivity index (χ0v) is 9.82. The first-order valence-electron chi connectivity index (χ1n) is 5.69. The molecule has 5 heteroatoms. The molecule has 16 heavy (non-hydrogen) atoms. The molecular weight excluding hydrogens is 206 g/mol. The number of H-pyrrole nitrogens is 1. The second-order valence-electron chi connectivity index (χ2n) is 4.27. The summed E-state index contributed by atoms with van der Waals surface area (Å²) >= 11 is 0. The Kier molecular flexibility index (Phi) is 3.79. The fourth-order valence-corrected chi connectivity index (χ4v) is 1.53. The molecule has 90 valence electrons. The molecule has 1 atom stereocenters. The molecule has 0 aliphatic heterocycles. The molecule has 2 N–H and O–H groups in total. The van der Waals surface area contributed by atoms with Crippen molar-refractivity contribution in [3.8, 4) is 5.88 Å². The van der Waals surface area contributed by atoms with Gasteiger partial charge in [0.15, 0.2) is 0 Å². The number of nitrogens with one attached hydrogen (secondary N) is 2. The fraction of sp³-hybridized carbons (Fsp3) is 0.727. The lowest BCUT2D eigenvalue weighted by molar-refractivity contribution is 0.0772. The topological polar surface area (TPSA) is 59.2 Å². The van der Waals surface area contributed by atoms with E-state index in [1.807, 2.05) is 13.0 Å². The number of aryl methyl sites for hydroxylation is 1. The van der Waals surface area contributed by atoms with Gasteiger partial charge in [-0.05, 0) is 19.8 Å². The minimum atomic E-state index is 0.0216. The maximum absolute atomic E-state index is 5.72. The van der Waals surface area contributed by atoms with Gasteiger partial charge in [0.2, 0.25) is 5.88 Å². The molecule has 0 spiro atoms. The van der Waals surface area contributed by atoms with Gasteiger partial charge in [-0.3, -0.25) is 5.10 Å². The average molecular weight is 225 g/mol. The van der Waals surface area contributed by atoms with Gasteiger partial charge in [0.1, 0.15) is 6.10 Å². The van der Waals surface area contributed by atoms with E-state index in [4.69, 9.17) is 9.47 Å². The van der Waals surface area contributed by atoms with Gasteiger partial charge in [0, 0.05) is 31.5 Å². The molecule has 1 heterocycles. The zero-order chi connectivity index (χ0) is 11.4. The van der Waals surface area contributed by atoms with Crippen LogP contribution in [0.5, 0.6) is 5.88 Å². The van der Waals surface area contributed by atoms with Crippen LogP contribution in [0, 0.1) is 6.92 Å². The molecule has 1 aromatic heterocycles. The monoisotopic (exact) mass is 225 g/mol. The first-order chi connectivity index (χ1) is 7.78. The standard InChI is InChI=1S/C11H19N3O2/c1-8-5-11(14-13-8)16-10(7-15-2)6-12-9-3-4-9/h5,9-10,12H,3-4,6-7H2,1-2H3,(H,13,14). The van der Waals surface area contributed by atoms with Crippen molar-refractivity contribution in [1.82, 2.24) is 15.5 Å². The lowest BCUT2D eigenvalue weighted by atomic mass is 10.3. The third-order valence-electron chi connectivity index (χ3n) is 2.53. The first-order valence-corrected chi connectivity index (χ1v) is 5.69. The molecule has 0 aromatic carbocycles. The Morgan fingerprint density at radius 3 is 3.00 bits per heavy atom. The highest BCUT2D eigenvalue weighted by atomic mass is 16.5. The van der Waals surface area contributed by atoms with Gasteiger partial charge in [-0.1, -0.05) is 0 Å². The minimum Gasteiger partial charge on any atom is -0.469 e. The van der Waals surface area contributed by atoms with Crippen molar-refractivity contribution in [3.05, 3.63) is 11.8 Å². The molecule has 5 nitrogen and oxygen atoms in total. The van der Waals surface area contributed by atoms with Gasteiger partial charge >= 0.3 is 0 Å². The zero-order valence-electron chi connectivity index (χ0n) is 9.82. The van der Waals surface area contributed by atoms with Crippen LogP contribution in [0.2, 0.25) is 0 Å². The van der Waals surface area contributed by atoms with Crippen LogP contribution in [-0.4, -0.2) is 42.6 Å². The van der Waals surface area contributed by atoms with Crippen molar-refractivity contribution in [2.24, 2.45) is 0 Å². The summed E-state index contributed by atoms with van der Waals surface area (Å²) in [6.07, 6.45) is 2.58. The molecule has 2 rings (SSSR count). The van der Waals surface area contributed by atoms with Gasteiger partial charge < -0.3 is 14.8 Å². The second kappa shape index (κ2) is 5.32. The Morgan fingerprint density at radius 2 is 2.44 bits per heavy atom. The van der Waals surface area contributed by atoms with Crippen molar-refractivity contribution >= 4 is 0 Å². The number of nitrogens with zero attached hydrogens (tertiary/aromatic N) is 1. The van der Waals surface area contributed by atoms with Crippen LogP contribution in [-0.2, 0) is 4.74 Å². The lowest BCUT2D eigenvalue weighted by Crippen LogP contribution is -2.36. The van der Waals surface area contributed by atoms with E-state index in [0.29, 0.717) is 18.5 Å². The van der Waals surface area contributed by atoms with Crippen molar-refractivity contribution < 1.29 is 9.47 Å². The number of aromatic amines is 1. The van der Waals surface area contributed by atoms with Crippen molar-refractivity contribution in [1.29, 1.82) is 0 Å². The third-order valence-corrected chi connectivity index (χ3v) is 2.53. The highest BCUT2D eigenvalue weighted by Gasteiger charge is 2.22. The largest absolute Gasteiger partial charge is 0.469 e. The summed E-state index contributed by atoms with van der Waals surface area (Å²) in [6.45, 7) is 3.34. The first kappa shape index (κ1) is 11.4. The Morgan fingerprint density at radius 1 is 1.62 bits per heavy atom. The highest BCUT2D eigenvalue weighted by molar-refractivity contribution is 5.12. The van der Waals surface area contributed by atoms with E-state index in [1.165, 1.54) is 12.8 Å². The Hall–Kier alpha value is -1.07. The van der Waals surface area contributed by atoms with E-state index >= 15 is 0 Å². The molecule has 1 unspecified atom stereocenters. The summed E-state index contributed by atoms with van der Waals surface area (Å²) in [5, 5.41) is 10.3. The smallest absolute Gasteiger partial charge is 0.233 e. The molecule has 1 fully saturated rings. The summed E-state index contributed by atoms with van der Waals surface area (Å²) in [5.74, 6) is 0.636. The molecule has 1 saturated carbocycles. The quantitative estimate of drug-likeness (QED) is 0.722. The van der Waals surface area contributed by atoms with Gasteiger partial charge in [-0.15, -0.1) is 5.10 Å². The van der Waals surface area contributed by atoms with Gasteiger partial charge in [-0.2, -0.15) is 0 Å². The molecule has 0 radical (unpaired) electrons. The van der Waals surface area contributed by atoms with Crippen LogP contribution in [0.1, 0.15) is 18.5 Å². The second-order valence-corrected chi connectivity index (χ2v) is 4.27. The third kappa shape index (κ3) is 3.50. The maximum atomic E-state index is 5.72. The van der Waals surface area contributed by atoms with Crippen molar-refractivity contribution in [2.45, 2.75) is 31.9 Å². The Labute approximate surface area is 95.5 Å². The van der Waals surface area contributed by atoms with E-state index in [1.54, 1.807) is 7.11 Å². The van der Waals surface area contributed by atoms with Gasteiger partial charge in [-0.25, -0.2) is 0 Å². The fourth-order valence-electron chi connectivity index (χ4n) is 1.53. The molecule has 0 saturated heterocycles. The van der Waals surface area contributed by atoms with E-state index in [0.717, 1.165) is 12.2 Å². The SMILES string of the molecule is COCC(CNC1CC1)Oc1cc(C)[nH]n1. The van der Waals surface area contributed by atoms with E-state index in [2.05, 4.69) is 15.5 Å². The van der Waals surface area contributed by atoms with Crippen LogP contribution in [0.25, 0.3) is 0 Å². The summed E-state index contributed by atoms with van der Waals surface area (Å²) in [5.41, 5.74) is 1.00. The minimum absolute atomic E-state index is 0.0216. The number of aromatic nitrogens is 2. The molecule has 0 bridgehead atoms. The van der Waals surface area contributed by atoms with Crippen molar-refractivity contribution in [2.75, 3.05) is 20.3 Å². The normalized spacial score (nSPS) is 17.4. The molecular formula is C11H19N3O2. The van der Waals surface area contributed by atoms with E-state index < -0.39 is 0 Å². The molecule has 1 aliphatic rings. The predicted octanol–water partition coefficient (Wildman–Crippen LogP) is 0.864. The van der Waals surface area contributed by atoms with Crippen LogP contribution in [0.15, 0.2) is 6.07 Å². The number of hydrogen-bond donors (Lipinski definition) is 2. The van der Waals surface area contributed by atoms with Crippen LogP contribution in [0.4, 0.5) is 0 Å². The number of rotatable bonds is 7. The summed E-state index contributed by atoms with van der Waals surface area (Å²) in [7, 11) is 1.68. The van der Waals surface area contributed by atoms with Crippen LogP contribution >= 0.6 is 0 Å². The van der Waals surface area contributed by atoms with Gasteiger partial charge in [0.05, 0.1) is 6.61 Å². The van der Waals surface area contributed by atoms with Crippen molar-refractivity contribution in [3.63, 3.8) is 0 Å². The Balaban J connectivity index is 1.80. The van der Waals surface area contributed by atoms with E-state index in [9.17, 15) is 0 Å². The summed E-state index contributed by atoms with van der Waals surface area (Å²) in [6, 6.07) is 2.57. The van der Waals surface area contributed by atoms with E-state index in [-0.39, 0.29) is 6.10 Å². The Bertz CT molecular complexity index is 323. The molecule has 1 aromatic rings. The lowest BCUT2D eigenvalue weighted by Gasteiger charge is -2.17. The van der Waals surface area contributed by atoms with Crippen LogP contribution in [0.3, 0.4) is 0 Å². The number of methoxy groups -OCH3 is 1. The number of hydrogen-bond acceptors (Lipinski definition) is 4. The molecule has 1 aliphatic carbocycles. The van der Waals surface area contributed by atoms with Gasteiger partial charge in [0.25, 0.3) is 0 Å². The predicted molar refractivity (Wildman–Crippen MR) is 60.6 cm³/mol. The summed E-state index contributed by atoms with van der Waals surface area (Å²) in [4.78, 5) is 0. The average Bonchev–Trinajstić information content (AvgIpc) is 3.00. The maximum Gasteiger partial charge on any atom is 0.233 e. The number of ether oxygens (including phenoxy) is 2. The highest BCUT2D eigenvalue weighted by Crippen LogP contribution is 2.18. The summed E-state index contributed by atoms with van der Waals surface area (Å²) < 4.78 is 10.9.